The number of aromatic nitrogens is 1. The number of anilines is 1. The van der Waals surface area contributed by atoms with Gasteiger partial charge in [-0.3, -0.25) is 4.98 Å². The van der Waals surface area contributed by atoms with Crippen molar-refractivity contribution in [3.05, 3.63) is 88.7 Å². The fourth-order valence-electron chi connectivity index (χ4n) is 2.73. The van der Waals surface area contributed by atoms with E-state index in [9.17, 15) is 0 Å². The molecule has 6 heteroatoms. The molecule has 0 amide bonds. The van der Waals surface area contributed by atoms with Crippen LogP contribution in [0.15, 0.2) is 77.5 Å². The fourth-order valence-corrected chi connectivity index (χ4v) is 3.24. The standard InChI is InChI=1S/C22H22BrN3OS/c1-2-27-21-11-9-20(10-12-21)25-22(28)26(16-18-4-3-13-24-14-18)15-17-5-7-19(23)8-6-17/h3-14H,2,15-16H2,1H3,(H,25,28). The van der Waals surface area contributed by atoms with Gasteiger partial charge in [0.2, 0.25) is 0 Å². The Balaban J connectivity index is 1.74. The van der Waals surface area contributed by atoms with Gasteiger partial charge in [-0.1, -0.05) is 34.1 Å². The Bertz CT molecular complexity index is 886. The minimum absolute atomic E-state index is 0.650. The third-order valence-electron chi connectivity index (χ3n) is 4.09. The second-order valence-corrected chi connectivity index (χ2v) is 7.53. The average molecular weight is 456 g/mol. The first-order chi connectivity index (χ1) is 13.6. The van der Waals surface area contributed by atoms with Crippen LogP contribution in [0.4, 0.5) is 5.69 Å². The van der Waals surface area contributed by atoms with E-state index in [0.717, 1.165) is 21.5 Å². The number of ether oxygens (including phenoxy) is 1. The van der Waals surface area contributed by atoms with Gasteiger partial charge in [0.25, 0.3) is 0 Å². The summed E-state index contributed by atoms with van der Waals surface area (Å²) in [5.41, 5.74) is 3.22. The van der Waals surface area contributed by atoms with Gasteiger partial charge in [0.05, 0.1) is 6.61 Å². The summed E-state index contributed by atoms with van der Waals surface area (Å²) in [6, 6.07) is 20.1. The molecule has 0 aliphatic rings. The lowest BCUT2D eigenvalue weighted by molar-refractivity contribution is 0.340. The number of rotatable bonds is 7. The van der Waals surface area contributed by atoms with Crippen molar-refractivity contribution in [3.8, 4) is 5.75 Å². The van der Waals surface area contributed by atoms with Gasteiger partial charge in [-0.15, -0.1) is 0 Å². The minimum atomic E-state index is 0.650. The van der Waals surface area contributed by atoms with E-state index >= 15 is 0 Å². The number of nitrogens with zero attached hydrogens (tertiary/aromatic N) is 2. The van der Waals surface area contributed by atoms with Gasteiger partial charge in [0.15, 0.2) is 5.11 Å². The van der Waals surface area contributed by atoms with Crippen molar-refractivity contribution in [3.63, 3.8) is 0 Å². The van der Waals surface area contributed by atoms with E-state index in [1.807, 2.05) is 55.6 Å². The molecular weight excluding hydrogens is 434 g/mol. The molecule has 0 aliphatic heterocycles. The highest BCUT2D eigenvalue weighted by Crippen LogP contribution is 2.18. The highest BCUT2D eigenvalue weighted by atomic mass is 79.9. The summed E-state index contributed by atoms with van der Waals surface area (Å²) >= 11 is 9.20. The Morgan fingerprint density at radius 3 is 2.39 bits per heavy atom. The third kappa shape index (κ3) is 6.04. The van der Waals surface area contributed by atoms with E-state index < -0.39 is 0 Å². The molecule has 4 nitrogen and oxygen atoms in total. The summed E-state index contributed by atoms with van der Waals surface area (Å²) in [7, 11) is 0. The monoisotopic (exact) mass is 455 g/mol. The fraction of sp³-hybridized carbons (Fsp3) is 0.182. The van der Waals surface area contributed by atoms with Crippen LogP contribution in [0.25, 0.3) is 0 Å². The molecule has 0 fully saturated rings. The van der Waals surface area contributed by atoms with Crippen LogP contribution in [0.1, 0.15) is 18.1 Å². The van der Waals surface area contributed by atoms with Crippen molar-refractivity contribution >= 4 is 38.9 Å². The predicted octanol–water partition coefficient (Wildman–Crippen LogP) is 5.64. The number of nitrogens with one attached hydrogen (secondary N) is 1. The smallest absolute Gasteiger partial charge is 0.174 e. The number of halogens is 1. The summed E-state index contributed by atoms with van der Waals surface area (Å²) in [5, 5.41) is 4.00. The van der Waals surface area contributed by atoms with Crippen LogP contribution in [-0.2, 0) is 13.1 Å². The van der Waals surface area contributed by atoms with Crippen LogP contribution in [0.3, 0.4) is 0 Å². The zero-order chi connectivity index (χ0) is 19.8. The molecule has 0 saturated carbocycles. The number of benzene rings is 2. The topological polar surface area (TPSA) is 37.4 Å². The molecular formula is C22H22BrN3OS. The molecule has 0 bridgehead atoms. The Morgan fingerprint density at radius 2 is 1.75 bits per heavy atom. The Kier molecular flexibility index (Phi) is 7.39. The molecule has 0 unspecified atom stereocenters. The first-order valence-corrected chi connectivity index (χ1v) is 10.3. The quantitative estimate of drug-likeness (QED) is 0.466. The van der Waals surface area contributed by atoms with Gasteiger partial charge in [-0.2, -0.15) is 0 Å². The maximum Gasteiger partial charge on any atom is 0.174 e. The lowest BCUT2D eigenvalue weighted by Crippen LogP contribution is -2.33. The van der Waals surface area contributed by atoms with Crippen LogP contribution in [0.5, 0.6) is 5.75 Å². The molecule has 0 saturated heterocycles. The highest BCUT2D eigenvalue weighted by Gasteiger charge is 2.12. The molecule has 3 rings (SSSR count). The summed E-state index contributed by atoms with van der Waals surface area (Å²) in [6.07, 6.45) is 3.65. The van der Waals surface area contributed by atoms with E-state index in [2.05, 4.69) is 49.3 Å². The number of thiocarbonyl (C=S) groups is 1. The van der Waals surface area contributed by atoms with Gasteiger partial charge in [0, 0.05) is 35.6 Å². The van der Waals surface area contributed by atoms with E-state index in [1.54, 1.807) is 6.20 Å². The van der Waals surface area contributed by atoms with E-state index in [4.69, 9.17) is 17.0 Å². The van der Waals surface area contributed by atoms with Gasteiger partial charge in [-0.25, -0.2) is 0 Å². The first-order valence-electron chi connectivity index (χ1n) is 9.06. The van der Waals surface area contributed by atoms with E-state index in [1.165, 1.54) is 5.56 Å². The largest absolute Gasteiger partial charge is 0.494 e. The van der Waals surface area contributed by atoms with Crippen molar-refractivity contribution < 1.29 is 4.74 Å². The number of hydrogen-bond acceptors (Lipinski definition) is 3. The molecule has 0 atom stereocenters. The average Bonchev–Trinajstić information content (AvgIpc) is 2.71. The Labute approximate surface area is 179 Å². The van der Waals surface area contributed by atoms with Crippen molar-refractivity contribution in [1.82, 2.24) is 9.88 Å². The molecule has 1 N–H and O–H groups in total. The zero-order valence-electron chi connectivity index (χ0n) is 15.6. The van der Waals surface area contributed by atoms with Crippen LogP contribution in [0, 0.1) is 0 Å². The second kappa shape index (κ2) is 10.2. The first kappa shape index (κ1) is 20.3. The maximum absolute atomic E-state index is 5.72. The summed E-state index contributed by atoms with van der Waals surface area (Å²) in [6.45, 7) is 3.99. The maximum atomic E-state index is 5.72. The lowest BCUT2D eigenvalue weighted by atomic mass is 10.2. The van der Waals surface area contributed by atoms with Gasteiger partial charge >= 0.3 is 0 Å². The molecule has 0 spiro atoms. The third-order valence-corrected chi connectivity index (χ3v) is 4.98. The molecule has 144 valence electrons. The van der Waals surface area contributed by atoms with Gasteiger partial charge in [-0.05, 0) is 72.7 Å². The lowest BCUT2D eigenvalue weighted by Gasteiger charge is -2.26. The van der Waals surface area contributed by atoms with Crippen molar-refractivity contribution in [2.75, 3.05) is 11.9 Å². The van der Waals surface area contributed by atoms with Crippen molar-refractivity contribution in [2.45, 2.75) is 20.0 Å². The second-order valence-electron chi connectivity index (χ2n) is 6.23. The molecule has 28 heavy (non-hydrogen) atoms. The summed E-state index contributed by atoms with van der Waals surface area (Å²) in [4.78, 5) is 6.35. The normalized spacial score (nSPS) is 10.4. The van der Waals surface area contributed by atoms with Gasteiger partial charge < -0.3 is 15.0 Å². The predicted molar refractivity (Wildman–Crippen MR) is 121 cm³/mol. The van der Waals surface area contributed by atoms with Gasteiger partial charge in [0.1, 0.15) is 5.75 Å². The molecule has 0 aliphatic carbocycles. The molecule has 3 aromatic rings. The molecule has 0 radical (unpaired) electrons. The highest BCUT2D eigenvalue weighted by molar-refractivity contribution is 9.10. The van der Waals surface area contributed by atoms with Crippen LogP contribution < -0.4 is 10.1 Å². The van der Waals surface area contributed by atoms with Crippen LogP contribution in [-0.4, -0.2) is 21.6 Å². The minimum Gasteiger partial charge on any atom is -0.494 e. The van der Waals surface area contributed by atoms with Crippen LogP contribution in [0.2, 0.25) is 0 Å². The Morgan fingerprint density at radius 1 is 1.04 bits per heavy atom. The van der Waals surface area contributed by atoms with Crippen molar-refractivity contribution in [1.29, 1.82) is 0 Å². The van der Waals surface area contributed by atoms with Crippen molar-refractivity contribution in [2.24, 2.45) is 0 Å². The SMILES string of the molecule is CCOc1ccc(NC(=S)N(Cc2ccc(Br)cc2)Cc2cccnc2)cc1. The van der Waals surface area contributed by atoms with E-state index in [0.29, 0.717) is 24.8 Å². The summed E-state index contributed by atoms with van der Waals surface area (Å²) in [5.74, 6) is 0.848. The number of pyridine rings is 1. The van der Waals surface area contributed by atoms with Crippen LogP contribution >= 0.6 is 28.1 Å². The molecule has 1 heterocycles. The summed E-state index contributed by atoms with van der Waals surface area (Å²) < 4.78 is 6.56. The zero-order valence-corrected chi connectivity index (χ0v) is 18.0. The molecule has 2 aromatic carbocycles. The van der Waals surface area contributed by atoms with E-state index in [-0.39, 0.29) is 0 Å². The Hall–Kier alpha value is -2.44. The number of hydrogen-bond donors (Lipinski definition) is 1. The molecule has 1 aromatic heterocycles.